The molecule has 0 saturated heterocycles. The molecule has 0 unspecified atom stereocenters. The van der Waals surface area contributed by atoms with Crippen molar-refractivity contribution in [3.05, 3.63) is 46.0 Å². The second-order valence-electron chi connectivity index (χ2n) is 3.65. The van der Waals surface area contributed by atoms with E-state index in [2.05, 4.69) is 26.0 Å². The first-order valence-electron chi connectivity index (χ1n) is 5.33. The Morgan fingerprint density at radius 3 is 2.88 bits per heavy atom. The predicted molar refractivity (Wildman–Crippen MR) is 68.0 cm³/mol. The molecule has 0 aromatic carbocycles. The minimum absolute atomic E-state index is 0.111. The van der Waals surface area contributed by atoms with E-state index in [0.717, 1.165) is 5.69 Å². The number of nitrogens with zero attached hydrogens (tertiary/aromatic N) is 3. The van der Waals surface area contributed by atoms with Crippen LogP contribution in [-0.2, 0) is 6.54 Å². The van der Waals surface area contributed by atoms with Crippen LogP contribution >= 0.6 is 15.9 Å². The molecule has 17 heavy (non-hydrogen) atoms. The third-order valence-corrected chi connectivity index (χ3v) is 3.01. The Balaban J connectivity index is 2.47. The first-order valence-corrected chi connectivity index (χ1v) is 6.12. The lowest BCUT2D eigenvalue weighted by Gasteiger charge is -2.04. The summed E-state index contributed by atoms with van der Waals surface area (Å²) in [7, 11) is 0. The lowest BCUT2D eigenvalue weighted by atomic mass is 10.2. The van der Waals surface area contributed by atoms with Gasteiger partial charge in [0.1, 0.15) is 11.4 Å². The van der Waals surface area contributed by atoms with Crippen LogP contribution in [0.3, 0.4) is 0 Å². The van der Waals surface area contributed by atoms with Gasteiger partial charge in [0, 0.05) is 12.2 Å². The molecule has 2 heterocycles. The summed E-state index contributed by atoms with van der Waals surface area (Å²) in [6, 6.07) is 5.41. The highest BCUT2D eigenvalue weighted by atomic mass is 79.9. The van der Waals surface area contributed by atoms with Gasteiger partial charge in [-0.1, -0.05) is 6.07 Å². The number of aromatic nitrogens is 3. The van der Waals surface area contributed by atoms with Gasteiger partial charge < -0.3 is 0 Å². The zero-order chi connectivity index (χ0) is 12.4. The van der Waals surface area contributed by atoms with Gasteiger partial charge in [-0.05, 0) is 41.9 Å². The summed E-state index contributed by atoms with van der Waals surface area (Å²) < 4.78 is 2.36. The summed E-state index contributed by atoms with van der Waals surface area (Å²) in [6.07, 6.45) is 1.63. The number of halogens is 1. The van der Waals surface area contributed by atoms with Crippen molar-refractivity contribution in [3.8, 4) is 0 Å². The van der Waals surface area contributed by atoms with E-state index in [0.29, 0.717) is 22.4 Å². The van der Waals surface area contributed by atoms with Crippen LogP contribution < -0.4 is 0 Å². The second-order valence-corrected chi connectivity index (χ2v) is 4.50. The fraction of sp³-hybridized carbons (Fsp3) is 0.250. The number of aryl methyl sites for hydroxylation is 2. The van der Waals surface area contributed by atoms with Gasteiger partial charge in [0.25, 0.3) is 0 Å². The molecule has 0 bridgehead atoms. The van der Waals surface area contributed by atoms with Gasteiger partial charge in [-0.25, -0.2) is 4.98 Å². The van der Waals surface area contributed by atoms with Gasteiger partial charge in [-0.15, -0.1) is 0 Å². The van der Waals surface area contributed by atoms with Gasteiger partial charge in [-0.2, -0.15) is 5.10 Å². The molecule has 2 rings (SSSR count). The molecule has 0 aliphatic heterocycles. The Hall–Kier alpha value is -1.49. The normalized spacial score (nSPS) is 10.5. The number of carbonyl (C=O) groups excluding carboxylic acids is 1. The van der Waals surface area contributed by atoms with Crippen LogP contribution in [0.25, 0.3) is 0 Å². The molecule has 0 atom stereocenters. The molecule has 88 valence electrons. The quantitative estimate of drug-likeness (QED) is 0.817. The van der Waals surface area contributed by atoms with E-state index >= 15 is 0 Å². The van der Waals surface area contributed by atoms with Gasteiger partial charge in [0.05, 0.1) is 10.7 Å². The largest absolute Gasteiger partial charge is 0.285 e. The van der Waals surface area contributed by atoms with Crippen molar-refractivity contribution < 1.29 is 4.79 Å². The minimum atomic E-state index is -0.111. The van der Waals surface area contributed by atoms with Gasteiger partial charge in [-0.3, -0.25) is 9.48 Å². The van der Waals surface area contributed by atoms with E-state index in [1.165, 1.54) is 0 Å². The van der Waals surface area contributed by atoms with Crippen LogP contribution in [0, 0.1) is 6.92 Å². The minimum Gasteiger partial charge on any atom is -0.285 e. The lowest BCUT2D eigenvalue weighted by molar-refractivity contribution is 0.102. The number of hydrogen-bond acceptors (Lipinski definition) is 3. The average molecular weight is 294 g/mol. The summed E-state index contributed by atoms with van der Waals surface area (Å²) in [4.78, 5) is 16.5. The fourth-order valence-corrected chi connectivity index (χ4v) is 2.10. The molecule has 0 saturated carbocycles. The van der Waals surface area contributed by atoms with Crippen molar-refractivity contribution in [2.75, 3.05) is 0 Å². The zero-order valence-electron chi connectivity index (χ0n) is 9.64. The molecule has 0 spiro atoms. The highest BCUT2D eigenvalue weighted by Crippen LogP contribution is 2.19. The molecule has 4 nitrogen and oxygen atoms in total. The first-order chi connectivity index (χ1) is 8.13. The maximum atomic E-state index is 12.3. The topological polar surface area (TPSA) is 47.8 Å². The van der Waals surface area contributed by atoms with Crippen LogP contribution in [0.5, 0.6) is 0 Å². The maximum absolute atomic E-state index is 12.3. The smallest absolute Gasteiger partial charge is 0.230 e. The Kier molecular flexibility index (Phi) is 3.38. The molecule has 0 aliphatic carbocycles. The number of hydrogen-bond donors (Lipinski definition) is 0. The van der Waals surface area contributed by atoms with Gasteiger partial charge >= 0.3 is 0 Å². The van der Waals surface area contributed by atoms with Crippen LogP contribution in [0.1, 0.15) is 28.8 Å². The fourth-order valence-electron chi connectivity index (χ4n) is 1.62. The Bertz CT molecular complexity index is 563. The SMILES string of the molecule is CCn1ncc(Br)c1C(=O)c1cccc(C)n1. The Morgan fingerprint density at radius 2 is 2.24 bits per heavy atom. The van der Waals surface area contributed by atoms with Crippen molar-refractivity contribution in [1.29, 1.82) is 0 Å². The molecule has 0 N–H and O–H groups in total. The number of rotatable bonds is 3. The molecule has 2 aromatic heterocycles. The molecule has 2 aromatic rings. The van der Waals surface area contributed by atoms with E-state index in [1.807, 2.05) is 26.0 Å². The molecule has 5 heteroatoms. The average Bonchev–Trinajstić information content (AvgIpc) is 2.69. The highest BCUT2D eigenvalue weighted by Gasteiger charge is 2.19. The summed E-state index contributed by atoms with van der Waals surface area (Å²) in [5.74, 6) is -0.111. The van der Waals surface area contributed by atoms with Crippen molar-refractivity contribution in [2.45, 2.75) is 20.4 Å². The molecular weight excluding hydrogens is 282 g/mol. The summed E-state index contributed by atoms with van der Waals surface area (Å²) in [6.45, 7) is 4.46. The summed E-state index contributed by atoms with van der Waals surface area (Å²) >= 11 is 3.34. The third-order valence-electron chi connectivity index (χ3n) is 2.43. The van der Waals surface area contributed by atoms with Crippen LogP contribution in [-0.4, -0.2) is 20.5 Å². The van der Waals surface area contributed by atoms with Gasteiger partial charge in [0.2, 0.25) is 5.78 Å². The van der Waals surface area contributed by atoms with Crippen molar-refractivity contribution in [2.24, 2.45) is 0 Å². The molecule has 0 aliphatic rings. The molecule has 0 fully saturated rings. The second kappa shape index (κ2) is 4.79. The van der Waals surface area contributed by atoms with Crippen molar-refractivity contribution >= 4 is 21.7 Å². The van der Waals surface area contributed by atoms with E-state index in [4.69, 9.17) is 0 Å². The monoisotopic (exact) mass is 293 g/mol. The van der Waals surface area contributed by atoms with E-state index in [9.17, 15) is 4.79 Å². The lowest BCUT2D eigenvalue weighted by Crippen LogP contribution is -2.12. The molecular formula is C12H12BrN3O. The number of ketones is 1. The number of carbonyl (C=O) groups is 1. The summed E-state index contributed by atoms with van der Waals surface area (Å²) in [5.41, 5.74) is 1.82. The molecule has 0 radical (unpaired) electrons. The Labute approximate surface area is 108 Å². The summed E-state index contributed by atoms with van der Waals surface area (Å²) in [5, 5.41) is 4.12. The van der Waals surface area contributed by atoms with Crippen LogP contribution in [0.2, 0.25) is 0 Å². The maximum Gasteiger partial charge on any atom is 0.230 e. The molecule has 0 amide bonds. The van der Waals surface area contributed by atoms with Crippen LogP contribution in [0.4, 0.5) is 0 Å². The van der Waals surface area contributed by atoms with E-state index in [1.54, 1.807) is 16.9 Å². The van der Waals surface area contributed by atoms with Crippen molar-refractivity contribution in [3.63, 3.8) is 0 Å². The third kappa shape index (κ3) is 2.29. The predicted octanol–water partition coefficient (Wildman–Crippen LogP) is 2.60. The highest BCUT2D eigenvalue weighted by molar-refractivity contribution is 9.10. The Morgan fingerprint density at radius 1 is 1.47 bits per heavy atom. The zero-order valence-corrected chi connectivity index (χ0v) is 11.2. The van der Waals surface area contributed by atoms with Gasteiger partial charge in [0.15, 0.2) is 0 Å². The van der Waals surface area contributed by atoms with E-state index < -0.39 is 0 Å². The first kappa shape index (κ1) is 12.0. The number of pyridine rings is 1. The van der Waals surface area contributed by atoms with E-state index in [-0.39, 0.29) is 5.78 Å². The van der Waals surface area contributed by atoms with Crippen molar-refractivity contribution in [1.82, 2.24) is 14.8 Å². The standard InChI is InChI=1S/C12H12BrN3O/c1-3-16-11(9(13)7-14-16)12(17)10-6-4-5-8(2)15-10/h4-7H,3H2,1-2H3. The van der Waals surface area contributed by atoms with Crippen LogP contribution in [0.15, 0.2) is 28.9 Å².